The standard InChI is InChI=1S/C20H30O3S/c1-8-9-16(18(22)23)24-12-13-10-14(19(2,3)4)17(21)15(11-13)20(5,6)7/h8,10-11,16,21H,1,9,12H2,2-7H3,(H,22,23). The van der Waals surface area contributed by atoms with Crippen molar-refractivity contribution in [3.63, 3.8) is 0 Å². The van der Waals surface area contributed by atoms with E-state index < -0.39 is 11.2 Å². The van der Waals surface area contributed by atoms with Gasteiger partial charge in [0, 0.05) is 5.75 Å². The Morgan fingerprint density at radius 2 is 1.62 bits per heavy atom. The van der Waals surface area contributed by atoms with E-state index in [4.69, 9.17) is 0 Å². The summed E-state index contributed by atoms with van der Waals surface area (Å²) in [6.07, 6.45) is 2.08. The average Bonchev–Trinajstić information content (AvgIpc) is 2.41. The third-order valence-corrected chi connectivity index (χ3v) is 5.19. The Balaban J connectivity index is 3.24. The van der Waals surface area contributed by atoms with Crippen molar-refractivity contribution in [2.24, 2.45) is 0 Å². The number of hydrogen-bond donors (Lipinski definition) is 2. The van der Waals surface area contributed by atoms with Crippen molar-refractivity contribution in [3.05, 3.63) is 41.5 Å². The van der Waals surface area contributed by atoms with E-state index in [1.807, 2.05) is 12.1 Å². The molecule has 1 aromatic rings. The number of carboxylic acid groups (broad SMARTS) is 1. The second-order valence-electron chi connectivity index (χ2n) is 8.20. The molecule has 0 spiro atoms. The van der Waals surface area contributed by atoms with Crippen molar-refractivity contribution in [1.29, 1.82) is 0 Å². The molecular weight excluding hydrogens is 320 g/mol. The van der Waals surface area contributed by atoms with Crippen molar-refractivity contribution in [2.75, 3.05) is 0 Å². The minimum absolute atomic E-state index is 0.182. The van der Waals surface area contributed by atoms with Crippen molar-refractivity contribution in [3.8, 4) is 5.75 Å². The molecule has 0 saturated carbocycles. The fraction of sp³-hybridized carbons (Fsp3) is 0.550. The number of benzene rings is 1. The maximum Gasteiger partial charge on any atom is 0.316 e. The Bertz CT molecular complexity index is 571. The van der Waals surface area contributed by atoms with Gasteiger partial charge in [-0.3, -0.25) is 4.79 Å². The van der Waals surface area contributed by atoms with Crippen LogP contribution in [-0.2, 0) is 21.4 Å². The molecule has 2 N–H and O–H groups in total. The zero-order chi connectivity index (χ0) is 18.7. The second kappa shape index (κ2) is 7.64. The van der Waals surface area contributed by atoms with E-state index in [0.29, 0.717) is 17.9 Å². The molecule has 24 heavy (non-hydrogen) atoms. The van der Waals surface area contributed by atoms with Gasteiger partial charge in [0.1, 0.15) is 11.0 Å². The van der Waals surface area contributed by atoms with Gasteiger partial charge in [-0.2, -0.15) is 0 Å². The Labute approximate surface area is 150 Å². The van der Waals surface area contributed by atoms with E-state index in [1.165, 1.54) is 11.8 Å². The topological polar surface area (TPSA) is 57.5 Å². The van der Waals surface area contributed by atoms with E-state index >= 15 is 0 Å². The zero-order valence-electron chi connectivity index (χ0n) is 15.6. The molecular formula is C20H30O3S. The SMILES string of the molecule is C=CCC(SCc1cc(C(C)(C)C)c(O)c(C(C)(C)C)c1)C(=O)O. The number of phenols is 1. The van der Waals surface area contributed by atoms with E-state index in [1.54, 1.807) is 6.08 Å². The van der Waals surface area contributed by atoms with Crippen molar-refractivity contribution < 1.29 is 15.0 Å². The second-order valence-corrected chi connectivity index (χ2v) is 9.39. The van der Waals surface area contributed by atoms with Crippen molar-refractivity contribution in [2.45, 2.75) is 69.8 Å². The number of carboxylic acids is 1. The first-order valence-corrected chi connectivity index (χ1v) is 9.25. The van der Waals surface area contributed by atoms with Gasteiger partial charge in [-0.25, -0.2) is 0 Å². The minimum Gasteiger partial charge on any atom is -0.507 e. The number of thioether (sulfide) groups is 1. The van der Waals surface area contributed by atoms with E-state index in [9.17, 15) is 15.0 Å². The molecule has 0 saturated heterocycles. The zero-order valence-corrected chi connectivity index (χ0v) is 16.5. The number of allylic oxidation sites excluding steroid dienone is 1. The summed E-state index contributed by atoms with van der Waals surface area (Å²) in [6.45, 7) is 16.1. The maximum atomic E-state index is 11.3. The van der Waals surface area contributed by atoms with Gasteiger partial charge in [0.15, 0.2) is 0 Å². The summed E-state index contributed by atoms with van der Waals surface area (Å²) in [6, 6.07) is 4.01. The normalized spacial score (nSPS) is 13.6. The van der Waals surface area contributed by atoms with Gasteiger partial charge in [-0.15, -0.1) is 18.3 Å². The smallest absolute Gasteiger partial charge is 0.316 e. The molecule has 1 rings (SSSR count). The van der Waals surface area contributed by atoms with Crippen LogP contribution in [0.1, 0.15) is 64.7 Å². The summed E-state index contributed by atoms with van der Waals surface area (Å²) in [4.78, 5) is 11.3. The average molecular weight is 351 g/mol. The Morgan fingerprint density at radius 3 is 1.96 bits per heavy atom. The fourth-order valence-corrected chi connectivity index (χ4v) is 3.48. The Kier molecular flexibility index (Phi) is 6.57. The third kappa shape index (κ3) is 5.30. The summed E-state index contributed by atoms with van der Waals surface area (Å²) < 4.78 is 0. The molecule has 3 nitrogen and oxygen atoms in total. The van der Waals surface area contributed by atoms with E-state index in [2.05, 4.69) is 48.1 Å². The van der Waals surface area contributed by atoms with Crippen molar-refractivity contribution in [1.82, 2.24) is 0 Å². The van der Waals surface area contributed by atoms with Crippen LogP contribution in [-0.4, -0.2) is 21.4 Å². The first-order chi connectivity index (χ1) is 10.9. The molecule has 0 radical (unpaired) electrons. The van der Waals surface area contributed by atoms with Crippen molar-refractivity contribution >= 4 is 17.7 Å². The van der Waals surface area contributed by atoms with Crippen LogP contribution in [0.2, 0.25) is 0 Å². The van der Waals surface area contributed by atoms with Gasteiger partial charge in [-0.1, -0.05) is 59.8 Å². The number of rotatable bonds is 6. The minimum atomic E-state index is -0.814. The molecule has 0 aromatic heterocycles. The molecule has 1 unspecified atom stereocenters. The van der Waals surface area contributed by atoms with Crippen LogP contribution >= 0.6 is 11.8 Å². The van der Waals surface area contributed by atoms with E-state index in [-0.39, 0.29) is 10.8 Å². The predicted molar refractivity (Wildman–Crippen MR) is 103 cm³/mol. The highest BCUT2D eigenvalue weighted by Crippen LogP contribution is 2.40. The molecule has 1 atom stereocenters. The van der Waals surface area contributed by atoms with Gasteiger partial charge >= 0.3 is 5.97 Å². The lowest BCUT2D eigenvalue weighted by Gasteiger charge is -2.28. The lowest BCUT2D eigenvalue weighted by molar-refractivity contribution is -0.136. The number of aliphatic carboxylic acids is 1. The number of phenolic OH excluding ortho intramolecular Hbond substituents is 1. The van der Waals surface area contributed by atoms with Crippen LogP contribution in [0.4, 0.5) is 0 Å². The van der Waals surface area contributed by atoms with Crippen LogP contribution in [0.3, 0.4) is 0 Å². The lowest BCUT2D eigenvalue weighted by atomic mass is 9.78. The quantitative estimate of drug-likeness (QED) is 0.688. The Hall–Kier alpha value is -1.42. The van der Waals surface area contributed by atoms with Crippen LogP contribution in [0.25, 0.3) is 0 Å². The molecule has 0 aliphatic carbocycles. The summed E-state index contributed by atoms with van der Waals surface area (Å²) in [7, 11) is 0. The van der Waals surface area contributed by atoms with Gasteiger partial charge < -0.3 is 10.2 Å². The fourth-order valence-electron chi connectivity index (χ4n) is 2.51. The summed E-state index contributed by atoms with van der Waals surface area (Å²) in [5.41, 5.74) is 2.49. The summed E-state index contributed by atoms with van der Waals surface area (Å²) in [5.74, 6) is 0.132. The molecule has 0 bridgehead atoms. The summed E-state index contributed by atoms with van der Waals surface area (Å²) in [5, 5.41) is 19.5. The first kappa shape index (κ1) is 20.6. The first-order valence-electron chi connectivity index (χ1n) is 8.20. The third-order valence-electron chi connectivity index (χ3n) is 3.89. The molecule has 0 aliphatic heterocycles. The van der Waals surface area contributed by atoms with Crippen LogP contribution in [0.15, 0.2) is 24.8 Å². The van der Waals surface area contributed by atoms with Gasteiger partial charge in [-0.05, 0) is 33.9 Å². The summed E-state index contributed by atoms with van der Waals surface area (Å²) >= 11 is 1.40. The molecule has 4 heteroatoms. The molecule has 0 fully saturated rings. The number of aromatic hydroxyl groups is 1. The number of carbonyl (C=O) groups is 1. The molecule has 0 heterocycles. The monoisotopic (exact) mass is 350 g/mol. The Morgan fingerprint density at radius 1 is 1.17 bits per heavy atom. The molecule has 134 valence electrons. The highest BCUT2D eigenvalue weighted by Gasteiger charge is 2.27. The van der Waals surface area contributed by atoms with Gasteiger partial charge in [0.2, 0.25) is 0 Å². The lowest BCUT2D eigenvalue weighted by Crippen LogP contribution is -2.18. The highest BCUT2D eigenvalue weighted by molar-refractivity contribution is 7.99. The molecule has 1 aromatic carbocycles. The molecule has 0 aliphatic rings. The molecule has 0 amide bonds. The predicted octanol–water partition coefficient (Wildman–Crippen LogP) is 5.25. The van der Waals surface area contributed by atoms with Gasteiger partial charge in [0.05, 0.1) is 0 Å². The van der Waals surface area contributed by atoms with Crippen LogP contribution in [0.5, 0.6) is 5.75 Å². The maximum absolute atomic E-state index is 11.3. The van der Waals surface area contributed by atoms with Crippen LogP contribution in [0, 0.1) is 0 Å². The largest absolute Gasteiger partial charge is 0.507 e. The van der Waals surface area contributed by atoms with E-state index in [0.717, 1.165) is 16.7 Å². The van der Waals surface area contributed by atoms with Crippen LogP contribution < -0.4 is 0 Å². The van der Waals surface area contributed by atoms with Gasteiger partial charge in [0.25, 0.3) is 0 Å². The highest BCUT2D eigenvalue weighted by atomic mass is 32.2. The number of hydrogen-bond acceptors (Lipinski definition) is 3.